The average molecular weight is 231 g/mol. The third-order valence-corrected chi connectivity index (χ3v) is 3.66. The number of hydrogen-bond acceptors (Lipinski definition) is 4. The van der Waals surface area contributed by atoms with Crippen LogP contribution in [-0.2, 0) is 0 Å². The van der Waals surface area contributed by atoms with Crippen LogP contribution < -0.4 is 0 Å². The summed E-state index contributed by atoms with van der Waals surface area (Å²) in [4.78, 5) is 8.26. The first-order chi connectivity index (χ1) is 8.16. The molecule has 2 heterocycles. The Kier molecular flexibility index (Phi) is 2.34. The molecule has 0 bridgehead atoms. The Labute approximate surface area is 100 Å². The molecule has 2 aromatic heterocycles. The second-order valence-corrected chi connectivity index (χ2v) is 5.68. The van der Waals surface area contributed by atoms with Gasteiger partial charge in [0.15, 0.2) is 11.2 Å². The van der Waals surface area contributed by atoms with Crippen molar-refractivity contribution in [2.24, 2.45) is 5.41 Å². The molecule has 0 aromatic carbocycles. The molecule has 1 aliphatic carbocycles. The van der Waals surface area contributed by atoms with Gasteiger partial charge in [0.25, 0.3) is 0 Å². The molecule has 5 heteroatoms. The minimum Gasteiger partial charge on any atom is -0.242 e. The summed E-state index contributed by atoms with van der Waals surface area (Å²) in [6.45, 7) is 4.65. The van der Waals surface area contributed by atoms with Crippen LogP contribution in [0.3, 0.4) is 0 Å². The fourth-order valence-electron chi connectivity index (χ4n) is 2.81. The number of fused-ring (bicyclic) bond motifs is 1. The fourth-order valence-corrected chi connectivity index (χ4v) is 2.81. The first-order valence-electron chi connectivity index (χ1n) is 6.17. The summed E-state index contributed by atoms with van der Waals surface area (Å²) in [5.41, 5.74) is 2.05. The second kappa shape index (κ2) is 3.75. The van der Waals surface area contributed by atoms with Gasteiger partial charge in [-0.15, -0.1) is 5.10 Å². The second-order valence-electron chi connectivity index (χ2n) is 5.68. The molecule has 0 amide bonds. The Balaban J connectivity index is 1.98. The monoisotopic (exact) mass is 231 g/mol. The SMILES string of the molecule is CC1(C)CCCC(n2nnc3cncnc32)C1. The van der Waals surface area contributed by atoms with Gasteiger partial charge in [0, 0.05) is 0 Å². The van der Waals surface area contributed by atoms with E-state index < -0.39 is 0 Å². The van der Waals surface area contributed by atoms with Gasteiger partial charge in [-0.1, -0.05) is 25.5 Å². The van der Waals surface area contributed by atoms with Crippen molar-refractivity contribution < 1.29 is 0 Å². The fraction of sp³-hybridized carbons (Fsp3) is 0.667. The molecule has 90 valence electrons. The van der Waals surface area contributed by atoms with Crippen molar-refractivity contribution in [1.29, 1.82) is 0 Å². The molecule has 1 saturated carbocycles. The van der Waals surface area contributed by atoms with E-state index in [1.54, 1.807) is 12.5 Å². The molecular formula is C12H17N5. The first-order valence-corrected chi connectivity index (χ1v) is 6.17. The molecule has 17 heavy (non-hydrogen) atoms. The highest BCUT2D eigenvalue weighted by Crippen LogP contribution is 2.41. The van der Waals surface area contributed by atoms with Crippen LogP contribution in [0.4, 0.5) is 0 Å². The highest BCUT2D eigenvalue weighted by atomic mass is 15.5. The maximum absolute atomic E-state index is 4.29. The summed E-state index contributed by atoms with van der Waals surface area (Å²) in [6.07, 6.45) is 8.16. The third-order valence-electron chi connectivity index (χ3n) is 3.66. The largest absolute Gasteiger partial charge is 0.242 e. The Bertz CT molecular complexity index is 530. The Hall–Kier alpha value is -1.52. The molecule has 0 saturated heterocycles. The van der Waals surface area contributed by atoms with Crippen molar-refractivity contribution in [3.63, 3.8) is 0 Å². The van der Waals surface area contributed by atoms with Crippen LogP contribution in [-0.4, -0.2) is 25.0 Å². The van der Waals surface area contributed by atoms with E-state index in [9.17, 15) is 0 Å². The number of aromatic nitrogens is 5. The number of hydrogen-bond donors (Lipinski definition) is 0. The lowest BCUT2D eigenvalue weighted by Crippen LogP contribution is -2.25. The molecule has 0 radical (unpaired) electrons. The predicted molar refractivity (Wildman–Crippen MR) is 64.4 cm³/mol. The lowest BCUT2D eigenvalue weighted by Gasteiger charge is -2.34. The van der Waals surface area contributed by atoms with Crippen molar-refractivity contribution in [1.82, 2.24) is 25.0 Å². The zero-order valence-corrected chi connectivity index (χ0v) is 10.3. The molecule has 3 rings (SSSR count). The van der Waals surface area contributed by atoms with Crippen molar-refractivity contribution >= 4 is 11.2 Å². The number of rotatable bonds is 1. The minimum atomic E-state index is 0.397. The molecule has 5 nitrogen and oxygen atoms in total. The zero-order chi connectivity index (χ0) is 11.9. The summed E-state index contributed by atoms with van der Waals surface area (Å²) in [5, 5.41) is 8.38. The summed E-state index contributed by atoms with van der Waals surface area (Å²) in [7, 11) is 0. The summed E-state index contributed by atoms with van der Waals surface area (Å²) in [6, 6.07) is 0.429. The first kappa shape index (κ1) is 10.6. The lowest BCUT2D eigenvalue weighted by molar-refractivity contribution is 0.175. The van der Waals surface area contributed by atoms with Gasteiger partial charge in [0.05, 0.1) is 12.2 Å². The van der Waals surface area contributed by atoms with Crippen molar-refractivity contribution in [3.8, 4) is 0 Å². The van der Waals surface area contributed by atoms with Gasteiger partial charge in [-0.2, -0.15) is 0 Å². The van der Waals surface area contributed by atoms with Crippen LogP contribution in [0.15, 0.2) is 12.5 Å². The van der Waals surface area contributed by atoms with Gasteiger partial charge in [-0.3, -0.25) is 0 Å². The molecule has 1 unspecified atom stereocenters. The van der Waals surface area contributed by atoms with Crippen LogP contribution in [0.1, 0.15) is 45.6 Å². The molecule has 0 N–H and O–H groups in total. The topological polar surface area (TPSA) is 56.5 Å². The summed E-state index contributed by atoms with van der Waals surface area (Å²) < 4.78 is 1.98. The van der Waals surface area contributed by atoms with Gasteiger partial charge in [-0.05, 0) is 24.7 Å². The maximum atomic E-state index is 4.29. The van der Waals surface area contributed by atoms with Crippen LogP contribution in [0, 0.1) is 5.41 Å². The van der Waals surface area contributed by atoms with Crippen molar-refractivity contribution in [2.75, 3.05) is 0 Å². The van der Waals surface area contributed by atoms with Gasteiger partial charge >= 0.3 is 0 Å². The standard InChI is InChI=1S/C12H17N5/c1-12(2)5-3-4-9(6-12)17-11-10(15-16-17)7-13-8-14-11/h7-9H,3-6H2,1-2H3. The van der Waals surface area contributed by atoms with Crippen LogP contribution >= 0.6 is 0 Å². The molecule has 1 aliphatic rings. The highest BCUT2D eigenvalue weighted by Gasteiger charge is 2.30. The Morgan fingerprint density at radius 1 is 1.41 bits per heavy atom. The van der Waals surface area contributed by atoms with Gasteiger partial charge in [0.1, 0.15) is 6.33 Å². The smallest absolute Gasteiger partial charge is 0.181 e. The van der Waals surface area contributed by atoms with E-state index in [0.717, 1.165) is 17.6 Å². The van der Waals surface area contributed by atoms with E-state index in [0.29, 0.717) is 11.5 Å². The van der Waals surface area contributed by atoms with E-state index in [4.69, 9.17) is 0 Å². The molecule has 0 aliphatic heterocycles. The molecule has 0 spiro atoms. The maximum Gasteiger partial charge on any atom is 0.181 e. The van der Waals surface area contributed by atoms with Gasteiger partial charge in [0.2, 0.25) is 0 Å². The van der Waals surface area contributed by atoms with Crippen LogP contribution in [0.5, 0.6) is 0 Å². The third kappa shape index (κ3) is 1.90. The van der Waals surface area contributed by atoms with E-state index in [1.165, 1.54) is 19.3 Å². The van der Waals surface area contributed by atoms with Crippen LogP contribution in [0.25, 0.3) is 11.2 Å². The Morgan fingerprint density at radius 2 is 2.29 bits per heavy atom. The summed E-state index contributed by atoms with van der Waals surface area (Å²) in [5.74, 6) is 0. The van der Waals surface area contributed by atoms with E-state index in [-0.39, 0.29) is 0 Å². The molecule has 1 atom stereocenters. The number of nitrogens with zero attached hydrogens (tertiary/aromatic N) is 5. The van der Waals surface area contributed by atoms with Gasteiger partial charge < -0.3 is 0 Å². The Morgan fingerprint density at radius 3 is 3.12 bits per heavy atom. The van der Waals surface area contributed by atoms with E-state index in [2.05, 4.69) is 34.1 Å². The molecule has 1 fully saturated rings. The molecule has 2 aromatic rings. The lowest BCUT2D eigenvalue weighted by atomic mass is 9.75. The van der Waals surface area contributed by atoms with Crippen LogP contribution in [0.2, 0.25) is 0 Å². The van der Waals surface area contributed by atoms with Gasteiger partial charge in [-0.25, -0.2) is 14.6 Å². The normalized spacial score (nSPS) is 24.0. The van der Waals surface area contributed by atoms with Crippen molar-refractivity contribution in [3.05, 3.63) is 12.5 Å². The predicted octanol–water partition coefficient (Wildman–Crippen LogP) is 2.36. The molecular weight excluding hydrogens is 214 g/mol. The summed E-state index contributed by atoms with van der Waals surface area (Å²) >= 11 is 0. The van der Waals surface area contributed by atoms with Crippen molar-refractivity contribution in [2.45, 2.75) is 45.6 Å². The minimum absolute atomic E-state index is 0.397. The zero-order valence-electron chi connectivity index (χ0n) is 10.3. The average Bonchev–Trinajstić information content (AvgIpc) is 2.71. The quantitative estimate of drug-likeness (QED) is 0.756. The van der Waals surface area contributed by atoms with E-state index in [1.807, 2.05) is 4.68 Å². The van der Waals surface area contributed by atoms with E-state index >= 15 is 0 Å². The highest BCUT2D eigenvalue weighted by molar-refractivity contribution is 5.67.